The van der Waals surface area contributed by atoms with Crippen molar-refractivity contribution >= 4 is 11.9 Å². The lowest BCUT2D eigenvalue weighted by Crippen LogP contribution is -2.58. The van der Waals surface area contributed by atoms with Crippen LogP contribution in [0.5, 0.6) is 0 Å². The quantitative estimate of drug-likeness (QED) is 0.816. The third-order valence-corrected chi connectivity index (χ3v) is 4.26. The molecule has 3 rings (SSSR count). The molecule has 4 nitrogen and oxygen atoms in total. The predicted octanol–water partition coefficient (Wildman–Crippen LogP) is 2.25. The van der Waals surface area contributed by atoms with Crippen molar-refractivity contribution in [3.05, 3.63) is 35.9 Å². The predicted molar refractivity (Wildman–Crippen MR) is 71.3 cm³/mol. The molecule has 1 aromatic rings. The number of carbonyl (C=O) groups is 2. The molecule has 2 fully saturated rings. The molecular formula is C15H18N2O2. The summed E-state index contributed by atoms with van der Waals surface area (Å²) < 4.78 is 0. The van der Waals surface area contributed by atoms with Crippen molar-refractivity contribution in [3.8, 4) is 0 Å². The second-order valence-electron chi connectivity index (χ2n) is 5.40. The Kier molecular flexibility index (Phi) is 3.01. The fraction of sp³-hybridized carbons (Fsp3) is 0.467. The Morgan fingerprint density at radius 1 is 1.16 bits per heavy atom. The van der Waals surface area contributed by atoms with Crippen molar-refractivity contribution in [2.75, 3.05) is 7.05 Å². The van der Waals surface area contributed by atoms with Crippen molar-refractivity contribution in [2.45, 2.75) is 31.8 Å². The van der Waals surface area contributed by atoms with Gasteiger partial charge >= 0.3 is 6.03 Å². The van der Waals surface area contributed by atoms with Gasteiger partial charge < -0.3 is 4.90 Å². The largest absolute Gasteiger partial charge is 0.327 e. The van der Waals surface area contributed by atoms with Crippen LogP contribution in [0.2, 0.25) is 0 Å². The topological polar surface area (TPSA) is 40.6 Å². The maximum atomic E-state index is 12.3. The summed E-state index contributed by atoms with van der Waals surface area (Å²) in [6, 6.07) is 9.90. The molecule has 0 N–H and O–H groups in total. The van der Waals surface area contributed by atoms with Gasteiger partial charge in [-0.2, -0.15) is 0 Å². The van der Waals surface area contributed by atoms with Crippen LogP contribution < -0.4 is 0 Å². The fourth-order valence-corrected chi connectivity index (χ4v) is 3.24. The van der Waals surface area contributed by atoms with E-state index in [0.717, 1.165) is 24.8 Å². The number of carbonyl (C=O) groups excluding carboxylic acids is 2. The van der Waals surface area contributed by atoms with E-state index in [1.165, 1.54) is 4.90 Å². The van der Waals surface area contributed by atoms with E-state index in [9.17, 15) is 9.59 Å². The molecule has 0 bridgehead atoms. The zero-order chi connectivity index (χ0) is 13.4. The number of benzene rings is 1. The van der Waals surface area contributed by atoms with Gasteiger partial charge in [-0.25, -0.2) is 4.79 Å². The highest BCUT2D eigenvalue weighted by molar-refractivity contribution is 5.98. The number of hydrogen-bond donors (Lipinski definition) is 0. The average Bonchev–Trinajstić information content (AvgIpc) is 2.92. The first-order valence-corrected chi connectivity index (χ1v) is 6.80. The van der Waals surface area contributed by atoms with Crippen LogP contribution in [0.4, 0.5) is 4.79 Å². The highest BCUT2D eigenvalue weighted by atomic mass is 16.2. The minimum atomic E-state index is -0.156. The first-order chi connectivity index (χ1) is 9.18. The molecule has 1 aliphatic heterocycles. The van der Waals surface area contributed by atoms with Gasteiger partial charge in [0.15, 0.2) is 0 Å². The van der Waals surface area contributed by atoms with Gasteiger partial charge in [-0.05, 0) is 18.4 Å². The molecule has 2 atom stereocenters. The zero-order valence-electron chi connectivity index (χ0n) is 11.1. The average molecular weight is 258 g/mol. The molecule has 1 aliphatic carbocycles. The van der Waals surface area contributed by atoms with E-state index in [4.69, 9.17) is 0 Å². The summed E-state index contributed by atoms with van der Waals surface area (Å²) in [7, 11) is 1.59. The first-order valence-electron chi connectivity index (χ1n) is 6.80. The minimum Gasteiger partial charge on any atom is -0.316 e. The number of urea groups is 1. The molecule has 0 unspecified atom stereocenters. The van der Waals surface area contributed by atoms with Crippen LogP contribution in [0.1, 0.15) is 24.8 Å². The maximum Gasteiger partial charge on any atom is 0.327 e. The molecule has 100 valence electrons. The van der Waals surface area contributed by atoms with Gasteiger partial charge in [0.25, 0.3) is 0 Å². The van der Waals surface area contributed by atoms with E-state index in [1.807, 2.05) is 35.2 Å². The van der Waals surface area contributed by atoms with Crippen molar-refractivity contribution in [2.24, 2.45) is 5.92 Å². The lowest BCUT2D eigenvalue weighted by atomic mass is 9.97. The molecule has 1 aromatic carbocycles. The van der Waals surface area contributed by atoms with Crippen molar-refractivity contribution in [1.82, 2.24) is 9.80 Å². The molecule has 0 aromatic heterocycles. The Morgan fingerprint density at radius 2 is 1.89 bits per heavy atom. The van der Waals surface area contributed by atoms with Crippen LogP contribution in [-0.2, 0) is 11.3 Å². The molecule has 4 heteroatoms. The lowest BCUT2D eigenvalue weighted by Gasteiger charge is -2.40. The normalized spacial score (nSPS) is 26.8. The summed E-state index contributed by atoms with van der Waals surface area (Å²) in [4.78, 5) is 27.6. The third kappa shape index (κ3) is 2.01. The van der Waals surface area contributed by atoms with Crippen LogP contribution >= 0.6 is 0 Å². The smallest absolute Gasteiger partial charge is 0.316 e. The Morgan fingerprint density at radius 3 is 2.63 bits per heavy atom. The molecule has 0 spiro atoms. The Labute approximate surface area is 113 Å². The molecule has 1 saturated heterocycles. The van der Waals surface area contributed by atoms with Gasteiger partial charge in [0.05, 0.1) is 5.92 Å². The second kappa shape index (κ2) is 4.68. The molecule has 19 heavy (non-hydrogen) atoms. The third-order valence-electron chi connectivity index (χ3n) is 4.26. The zero-order valence-corrected chi connectivity index (χ0v) is 11.1. The number of nitrogens with zero attached hydrogens (tertiary/aromatic N) is 2. The Balaban J connectivity index is 1.86. The Hall–Kier alpha value is -1.84. The van der Waals surface area contributed by atoms with Gasteiger partial charge in [-0.15, -0.1) is 0 Å². The summed E-state index contributed by atoms with van der Waals surface area (Å²) in [5.74, 6) is 0.00299. The monoisotopic (exact) mass is 258 g/mol. The van der Waals surface area contributed by atoms with Crippen LogP contribution in [-0.4, -0.2) is 34.8 Å². The number of rotatable bonds is 2. The number of fused-ring (bicyclic) bond motifs is 1. The standard InChI is InChI=1S/C15H18N2O2/c1-16-14(18)12-8-5-9-13(12)17(15(16)19)10-11-6-3-2-4-7-11/h2-4,6-7,12-13H,5,8-10H2,1H3/t12-,13+/m1/s1. The molecule has 1 saturated carbocycles. The SMILES string of the molecule is CN1C(=O)[C@@H]2CCC[C@@H]2N(Cc2ccccc2)C1=O. The fourth-order valence-electron chi connectivity index (χ4n) is 3.24. The second-order valence-corrected chi connectivity index (χ2v) is 5.40. The van der Waals surface area contributed by atoms with Crippen LogP contribution in [0.15, 0.2) is 30.3 Å². The number of imide groups is 1. The van der Waals surface area contributed by atoms with Gasteiger partial charge in [0.1, 0.15) is 0 Å². The van der Waals surface area contributed by atoms with E-state index < -0.39 is 0 Å². The van der Waals surface area contributed by atoms with E-state index >= 15 is 0 Å². The molecule has 0 radical (unpaired) electrons. The summed E-state index contributed by atoms with van der Waals surface area (Å²) in [5.41, 5.74) is 1.12. The summed E-state index contributed by atoms with van der Waals surface area (Å²) in [6.45, 7) is 0.596. The maximum absolute atomic E-state index is 12.3. The van der Waals surface area contributed by atoms with Crippen LogP contribution in [0, 0.1) is 5.92 Å². The van der Waals surface area contributed by atoms with Crippen molar-refractivity contribution in [3.63, 3.8) is 0 Å². The van der Waals surface area contributed by atoms with E-state index in [-0.39, 0.29) is 23.9 Å². The van der Waals surface area contributed by atoms with Crippen LogP contribution in [0.25, 0.3) is 0 Å². The van der Waals surface area contributed by atoms with E-state index in [2.05, 4.69) is 0 Å². The minimum absolute atomic E-state index is 0.00295. The first kappa shape index (κ1) is 12.2. The number of hydrogen-bond acceptors (Lipinski definition) is 2. The van der Waals surface area contributed by atoms with Crippen molar-refractivity contribution in [1.29, 1.82) is 0 Å². The lowest BCUT2D eigenvalue weighted by molar-refractivity contribution is -0.136. The van der Waals surface area contributed by atoms with Gasteiger partial charge in [0, 0.05) is 19.6 Å². The molecular weight excluding hydrogens is 240 g/mol. The summed E-state index contributed by atoms with van der Waals surface area (Å²) in [5, 5.41) is 0. The highest BCUT2D eigenvalue weighted by Crippen LogP contribution is 2.36. The summed E-state index contributed by atoms with van der Waals surface area (Å²) >= 11 is 0. The van der Waals surface area contributed by atoms with E-state index in [0.29, 0.717) is 6.54 Å². The summed E-state index contributed by atoms with van der Waals surface area (Å²) in [6.07, 6.45) is 2.89. The van der Waals surface area contributed by atoms with Crippen LogP contribution in [0.3, 0.4) is 0 Å². The van der Waals surface area contributed by atoms with Gasteiger partial charge in [0.2, 0.25) is 5.91 Å². The van der Waals surface area contributed by atoms with Gasteiger partial charge in [-0.1, -0.05) is 36.8 Å². The molecule has 2 aliphatic rings. The van der Waals surface area contributed by atoms with Crippen molar-refractivity contribution < 1.29 is 9.59 Å². The Bertz CT molecular complexity index is 500. The van der Waals surface area contributed by atoms with E-state index in [1.54, 1.807) is 7.05 Å². The molecule has 3 amide bonds. The number of amides is 3. The highest BCUT2D eigenvalue weighted by Gasteiger charge is 2.46. The van der Waals surface area contributed by atoms with Gasteiger partial charge in [-0.3, -0.25) is 9.69 Å². The molecule has 1 heterocycles.